The molecule has 0 saturated carbocycles. The Morgan fingerprint density at radius 1 is 1.33 bits per heavy atom. The van der Waals surface area contributed by atoms with Gasteiger partial charge in [-0.05, 0) is 31.0 Å². The van der Waals surface area contributed by atoms with Gasteiger partial charge in [0.15, 0.2) is 0 Å². The molecule has 1 nitrogen and oxygen atoms in total. The minimum Gasteiger partial charge on any atom is -0.305 e. The number of rotatable bonds is 3. The fourth-order valence-electron chi connectivity index (χ4n) is 0.953. The van der Waals surface area contributed by atoms with E-state index in [1.807, 2.05) is 7.05 Å². The van der Waals surface area contributed by atoms with Crippen molar-refractivity contribution in [2.45, 2.75) is 10.3 Å². The monoisotopic (exact) mass is 199 g/mol. The quantitative estimate of drug-likeness (QED) is 0.441. The first-order chi connectivity index (χ1) is 5.77. The molecule has 1 N–H and O–H groups in total. The smallest absolute Gasteiger partial charge is 0.0757 e. The van der Waals surface area contributed by atoms with Crippen LogP contribution in [-0.2, 0) is 0 Å². The molecule has 0 saturated heterocycles. The molecule has 3 heteroatoms. The fourth-order valence-corrected chi connectivity index (χ4v) is 1.53. The van der Waals surface area contributed by atoms with Gasteiger partial charge in [-0.15, -0.1) is 11.8 Å². The van der Waals surface area contributed by atoms with Crippen LogP contribution < -0.4 is 5.32 Å². The van der Waals surface area contributed by atoms with Gasteiger partial charge in [0.2, 0.25) is 0 Å². The van der Waals surface area contributed by atoms with E-state index in [4.69, 9.17) is 0 Å². The molecule has 0 bridgehead atoms. The molecule has 1 aromatic carbocycles. The van der Waals surface area contributed by atoms with E-state index in [9.17, 15) is 0 Å². The lowest BCUT2D eigenvalue weighted by Gasteiger charge is -2.09. The molecule has 0 aliphatic rings. The number of thiol groups is 1. The lowest BCUT2D eigenvalue weighted by Crippen LogP contribution is -2.09. The fraction of sp³-hybridized carbons (Fsp3) is 0.333. The van der Waals surface area contributed by atoms with Crippen LogP contribution in [0.2, 0.25) is 0 Å². The number of nitrogens with one attached hydrogen (secondary N) is 1. The van der Waals surface area contributed by atoms with Crippen molar-refractivity contribution in [3.63, 3.8) is 0 Å². The van der Waals surface area contributed by atoms with Crippen molar-refractivity contribution in [2.75, 3.05) is 13.3 Å². The van der Waals surface area contributed by atoms with E-state index in [0.29, 0.717) is 0 Å². The molecule has 1 atom stereocenters. The summed E-state index contributed by atoms with van der Waals surface area (Å²) in [6.45, 7) is 0. The zero-order valence-corrected chi connectivity index (χ0v) is 8.95. The second-order valence-corrected chi connectivity index (χ2v) is 3.86. The van der Waals surface area contributed by atoms with Gasteiger partial charge in [0.25, 0.3) is 0 Å². The topological polar surface area (TPSA) is 12.0 Å². The Kier molecular flexibility index (Phi) is 3.98. The summed E-state index contributed by atoms with van der Waals surface area (Å²) in [5.41, 5.74) is 1.21. The summed E-state index contributed by atoms with van der Waals surface area (Å²) in [5.74, 6) is 0. The number of hydrogen-bond acceptors (Lipinski definition) is 3. The summed E-state index contributed by atoms with van der Waals surface area (Å²) in [5, 5.41) is 3.22. The summed E-state index contributed by atoms with van der Waals surface area (Å²) in [4.78, 5) is 1.29. The molecule has 0 spiro atoms. The van der Waals surface area contributed by atoms with Gasteiger partial charge in [0.05, 0.1) is 5.37 Å². The van der Waals surface area contributed by atoms with Crippen molar-refractivity contribution in [3.05, 3.63) is 29.8 Å². The third kappa shape index (κ3) is 2.44. The van der Waals surface area contributed by atoms with Crippen LogP contribution in [-0.4, -0.2) is 13.3 Å². The maximum Gasteiger partial charge on any atom is 0.0757 e. The minimum absolute atomic E-state index is 0.140. The van der Waals surface area contributed by atoms with Crippen LogP contribution in [0.4, 0.5) is 0 Å². The molecule has 0 aliphatic heterocycles. The summed E-state index contributed by atoms with van der Waals surface area (Å²) in [6.07, 6.45) is 2.07. The summed E-state index contributed by atoms with van der Waals surface area (Å²) >= 11 is 6.12. The van der Waals surface area contributed by atoms with Crippen molar-refractivity contribution >= 4 is 24.4 Å². The van der Waals surface area contributed by atoms with Crippen LogP contribution in [0.15, 0.2) is 29.2 Å². The van der Waals surface area contributed by atoms with E-state index in [0.717, 1.165) is 0 Å². The van der Waals surface area contributed by atoms with Crippen LogP contribution in [0, 0.1) is 0 Å². The highest BCUT2D eigenvalue weighted by molar-refractivity contribution is 7.98. The predicted octanol–water partition coefficient (Wildman–Crippen LogP) is 2.56. The van der Waals surface area contributed by atoms with E-state index in [1.54, 1.807) is 11.8 Å². The van der Waals surface area contributed by atoms with Gasteiger partial charge in [-0.25, -0.2) is 0 Å². The van der Waals surface area contributed by atoms with E-state index in [-0.39, 0.29) is 5.37 Å². The second-order valence-electron chi connectivity index (χ2n) is 2.46. The predicted molar refractivity (Wildman–Crippen MR) is 59.0 cm³/mol. The van der Waals surface area contributed by atoms with Gasteiger partial charge in [0, 0.05) is 4.90 Å². The first-order valence-electron chi connectivity index (χ1n) is 3.77. The zero-order chi connectivity index (χ0) is 8.97. The molecule has 0 aromatic heterocycles. The molecular weight excluding hydrogens is 186 g/mol. The Bertz CT molecular complexity index is 233. The maximum absolute atomic E-state index is 4.37. The van der Waals surface area contributed by atoms with Crippen molar-refractivity contribution in [1.82, 2.24) is 5.32 Å². The van der Waals surface area contributed by atoms with E-state index < -0.39 is 0 Å². The maximum atomic E-state index is 4.37. The summed E-state index contributed by atoms with van der Waals surface area (Å²) in [6, 6.07) is 8.42. The van der Waals surface area contributed by atoms with Crippen LogP contribution >= 0.6 is 24.4 Å². The second kappa shape index (κ2) is 4.80. The Hall–Kier alpha value is -0.120. The highest BCUT2D eigenvalue weighted by Gasteiger charge is 2.01. The zero-order valence-electron chi connectivity index (χ0n) is 7.24. The summed E-state index contributed by atoms with van der Waals surface area (Å²) in [7, 11) is 1.90. The molecule has 1 unspecified atom stereocenters. The third-order valence-electron chi connectivity index (χ3n) is 1.70. The normalized spacial score (nSPS) is 12.9. The van der Waals surface area contributed by atoms with E-state index in [1.165, 1.54) is 10.5 Å². The highest BCUT2D eigenvalue weighted by Crippen LogP contribution is 2.20. The first-order valence-corrected chi connectivity index (χ1v) is 5.51. The van der Waals surface area contributed by atoms with Crippen molar-refractivity contribution < 1.29 is 0 Å². The molecule has 0 aliphatic carbocycles. The lowest BCUT2D eigenvalue weighted by atomic mass is 10.2. The number of thioether (sulfide) groups is 1. The number of benzene rings is 1. The average Bonchev–Trinajstić information content (AvgIpc) is 2.17. The Labute approximate surface area is 83.4 Å². The van der Waals surface area contributed by atoms with Gasteiger partial charge in [-0.2, -0.15) is 12.6 Å². The molecule has 0 heterocycles. The molecule has 0 amide bonds. The number of hydrogen-bond donors (Lipinski definition) is 2. The molecular formula is C9H13NS2. The molecule has 1 rings (SSSR count). The van der Waals surface area contributed by atoms with Gasteiger partial charge in [-0.1, -0.05) is 12.1 Å². The van der Waals surface area contributed by atoms with Gasteiger partial charge in [0.1, 0.15) is 0 Å². The minimum atomic E-state index is 0.140. The standard InChI is InChI=1S/C9H13NS2/c1-10-9(11)7-3-5-8(12-2)6-4-7/h3-6,9-11H,1-2H3. The summed E-state index contributed by atoms with van der Waals surface area (Å²) < 4.78 is 0. The molecule has 1 aromatic rings. The Morgan fingerprint density at radius 3 is 2.33 bits per heavy atom. The van der Waals surface area contributed by atoms with Crippen LogP contribution in [0.1, 0.15) is 10.9 Å². The first kappa shape index (κ1) is 9.96. The van der Waals surface area contributed by atoms with Gasteiger partial charge in [-0.3, -0.25) is 0 Å². The van der Waals surface area contributed by atoms with Crippen molar-refractivity contribution in [2.24, 2.45) is 0 Å². The van der Waals surface area contributed by atoms with Crippen molar-refractivity contribution in [1.29, 1.82) is 0 Å². The van der Waals surface area contributed by atoms with E-state index in [2.05, 4.69) is 48.5 Å². The third-order valence-corrected chi connectivity index (χ3v) is 3.00. The van der Waals surface area contributed by atoms with E-state index >= 15 is 0 Å². The SMILES string of the molecule is CNC(S)c1ccc(SC)cc1. The largest absolute Gasteiger partial charge is 0.305 e. The molecule has 0 fully saturated rings. The Morgan fingerprint density at radius 2 is 1.92 bits per heavy atom. The molecule has 0 radical (unpaired) electrons. The Balaban J connectivity index is 2.77. The van der Waals surface area contributed by atoms with Gasteiger partial charge < -0.3 is 5.32 Å². The average molecular weight is 199 g/mol. The molecule has 66 valence electrons. The van der Waals surface area contributed by atoms with Crippen LogP contribution in [0.25, 0.3) is 0 Å². The molecule has 12 heavy (non-hydrogen) atoms. The van der Waals surface area contributed by atoms with Crippen molar-refractivity contribution in [3.8, 4) is 0 Å². The van der Waals surface area contributed by atoms with Crippen LogP contribution in [0.3, 0.4) is 0 Å². The van der Waals surface area contributed by atoms with Crippen LogP contribution in [0.5, 0.6) is 0 Å². The highest BCUT2D eigenvalue weighted by atomic mass is 32.2. The lowest BCUT2D eigenvalue weighted by molar-refractivity contribution is 0.799. The van der Waals surface area contributed by atoms with Gasteiger partial charge >= 0.3 is 0 Å².